The Bertz CT molecular complexity index is 1280. The third-order valence-corrected chi connectivity index (χ3v) is 6.85. The molecule has 1 heterocycles. The van der Waals surface area contributed by atoms with E-state index in [1.165, 1.54) is 36.4 Å². The summed E-state index contributed by atoms with van der Waals surface area (Å²) in [4.78, 5) is 23.1. The molecule has 0 spiro atoms. The van der Waals surface area contributed by atoms with E-state index >= 15 is 0 Å². The van der Waals surface area contributed by atoms with Crippen LogP contribution in [0.15, 0.2) is 83.8 Å². The maximum absolute atomic E-state index is 13.3. The quantitative estimate of drug-likeness (QED) is 0.385. The number of nitro benzene ring substituents is 1. The van der Waals surface area contributed by atoms with Gasteiger partial charge in [0, 0.05) is 12.1 Å². The number of benzene rings is 3. The van der Waals surface area contributed by atoms with Crippen molar-refractivity contribution in [1.29, 1.82) is 0 Å². The monoisotopic (exact) mass is 483 g/mol. The first-order chi connectivity index (χ1) is 16.3. The lowest BCUT2D eigenvalue weighted by Gasteiger charge is -2.27. The Morgan fingerprint density at radius 2 is 1.65 bits per heavy atom. The van der Waals surface area contributed by atoms with Gasteiger partial charge in [-0.25, -0.2) is 8.42 Å². The third kappa shape index (κ3) is 5.09. The van der Waals surface area contributed by atoms with E-state index in [-0.39, 0.29) is 29.4 Å². The van der Waals surface area contributed by atoms with Crippen molar-refractivity contribution in [3.05, 3.63) is 89.0 Å². The SMILES string of the molecule is O=C(CN(c1ccc([N+](=O)[O-])cc1)S(=O)(=O)c1ccccc1)NCC1COc2ccccc2O1. The van der Waals surface area contributed by atoms with E-state index in [4.69, 9.17) is 9.47 Å². The van der Waals surface area contributed by atoms with Crippen LogP contribution in [0.4, 0.5) is 11.4 Å². The van der Waals surface area contributed by atoms with E-state index in [1.807, 2.05) is 6.07 Å². The van der Waals surface area contributed by atoms with Crippen molar-refractivity contribution in [3.63, 3.8) is 0 Å². The van der Waals surface area contributed by atoms with Crippen molar-refractivity contribution in [2.75, 3.05) is 24.0 Å². The number of nitrogens with zero attached hydrogens (tertiary/aromatic N) is 2. The van der Waals surface area contributed by atoms with E-state index in [1.54, 1.807) is 36.4 Å². The number of para-hydroxylation sites is 2. The van der Waals surface area contributed by atoms with Crippen LogP contribution in [0.2, 0.25) is 0 Å². The Morgan fingerprint density at radius 1 is 1.00 bits per heavy atom. The topological polar surface area (TPSA) is 128 Å². The van der Waals surface area contributed by atoms with Crippen molar-refractivity contribution in [1.82, 2.24) is 5.32 Å². The van der Waals surface area contributed by atoms with Gasteiger partial charge in [-0.05, 0) is 36.4 Å². The molecule has 0 aliphatic carbocycles. The number of nitro groups is 1. The molecule has 0 aromatic heterocycles. The van der Waals surface area contributed by atoms with Gasteiger partial charge in [0.15, 0.2) is 11.5 Å². The maximum Gasteiger partial charge on any atom is 0.269 e. The molecule has 0 radical (unpaired) electrons. The minimum absolute atomic E-state index is 0.0122. The second-order valence-corrected chi connectivity index (χ2v) is 9.26. The highest BCUT2D eigenvalue weighted by atomic mass is 32.2. The van der Waals surface area contributed by atoms with E-state index in [0.29, 0.717) is 11.5 Å². The van der Waals surface area contributed by atoms with Gasteiger partial charge in [0.1, 0.15) is 19.3 Å². The van der Waals surface area contributed by atoms with Crippen molar-refractivity contribution >= 4 is 27.3 Å². The zero-order chi connectivity index (χ0) is 24.1. The summed E-state index contributed by atoms with van der Waals surface area (Å²) in [5, 5.41) is 13.7. The molecule has 11 heteroatoms. The zero-order valence-corrected chi connectivity index (χ0v) is 18.7. The molecule has 34 heavy (non-hydrogen) atoms. The van der Waals surface area contributed by atoms with Crippen LogP contribution in [0.25, 0.3) is 0 Å². The smallest absolute Gasteiger partial charge is 0.269 e. The van der Waals surface area contributed by atoms with Gasteiger partial charge >= 0.3 is 0 Å². The largest absolute Gasteiger partial charge is 0.486 e. The predicted molar refractivity (Wildman–Crippen MR) is 123 cm³/mol. The molecule has 10 nitrogen and oxygen atoms in total. The highest BCUT2D eigenvalue weighted by molar-refractivity contribution is 7.92. The molecule has 0 bridgehead atoms. The molecule has 3 aromatic rings. The first-order valence-corrected chi connectivity index (χ1v) is 11.8. The Morgan fingerprint density at radius 3 is 2.32 bits per heavy atom. The first-order valence-electron chi connectivity index (χ1n) is 10.3. The molecule has 176 valence electrons. The minimum Gasteiger partial charge on any atom is -0.486 e. The first kappa shape index (κ1) is 23.1. The minimum atomic E-state index is -4.12. The average molecular weight is 484 g/mol. The van der Waals surface area contributed by atoms with Gasteiger partial charge < -0.3 is 14.8 Å². The zero-order valence-electron chi connectivity index (χ0n) is 17.9. The van der Waals surface area contributed by atoms with E-state index in [0.717, 1.165) is 4.31 Å². The average Bonchev–Trinajstić information content (AvgIpc) is 2.86. The lowest BCUT2D eigenvalue weighted by Crippen LogP contribution is -2.45. The van der Waals surface area contributed by atoms with Gasteiger partial charge in [0.05, 0.1) is 22.1 Å². The third-order valence-electron chi connectivity index (χ3n) is 5.06. The number of non-ortho nitro benzene ring substituents is 1. The molecule has 1 aliphatic rings. The Hall–Kier alpha value is -4.12. The van der Waals surface area contributed by atoms with Gasteiger partial charge in [-0.1, -0.05) is 30.3 Å². The molecule has 4 rings (SSSR count). The number of sulfonamides is 1. The van der Waals surface area contributed by atoms with Crippen LogP contribution in [-0.2, 0) is 14.8 Å². The number of rotatable bonds is 8. The van der Waals surface area contributed by atoms with Gasteiger partial charge in [0.2, 0.25) is 5.91 Å². The fourth-order valence-corrected chi connectivity index (χ4v) is 4.80. The fraction of sp³-hybridized carbons (Fsp3) is 0.174. The maximum atomic E-state index is 13.3. The molecule has 3 aromatic carbocycles. The summed E-state index contributed by atoms with van der Waals surface area (Å²) in [6.45, 7) is -0.197. The summed E-state index contributed by atoms with van der Waals surface area (Å²) < 4.78 is 38.9. The van der Waals surface area contributed by atoms with Gasteiger partial charge in [-0.2, -0.15) is 0 Å². The number of ether oxygens (including phenoxy) is 2. The summed E-state index contributed by atoms with van der Waals surface area (Å²) in [7, 11) is -4.12. The molecular formula is C23H21N3O7S. The summed E-state index contributed by atoms with van der Waals surface area (Å²) >= 11 is 0. The van der Waals surface area contributed by atoms with E-state index < -0.39 is 33.5 Å². The highest BCUT2D eigenvalue weighted by Gasteiger charge is 2.28. The van der Waals surface area contributed by atoms with Crippen molar-refractivity contribution in [3.8, 4) is 11.5 Å². The van der Waals surface area contributed by atoms with Crippen LogP contribution in [0, 0.1) is 10.1 Å². The Labute approximate surface area is 195 Å². The number of hydrogen-bond acceptors (Lipinski definition) is 7. The molecule has 1 aliphatic heterocycles. The summed E-state index contributed by atoms with van der Waals surface area (Å²) in [5.41, 5.74) is -0.0734. The van der Waals surface area contributed by atoms with Gasteiger partial charge in [-0.3, -0.25) is 19.2 Å². The lowest BCUT2D eigenvalue weighted by atomic mass is 10.2. The molecule has 0 saturated heterocycles. The Balaban J connectivity index is 1.50. The van der Waals surface area contributed by atoms with Crippen molar-refractivity contribution in [2.45, 2.75) is 11.0 Å². The number of hydrogen-bond donors (Lipinski definition) is 1. The second-order valence-electron chi connectivity index (χ2n) is 7.40. The molecule has 0 fully saturated rings. The molecule has 1 amide bonds. The van der Waals surface area contributed by atoms with Crippen molar-refractivity contribution < 1.29 is 27.6 Å². The highest BCUT2D eigenvalue weighted by Crippen LogP contribution is 2.30. The fourth-order valence-electron chi connectivity index (χ4n) is 3.35. The molecular weight excluding hydrogens is 462 g/mol. The molecule has 1 unspecified atom stereocenters. The summed E-state index contributed by atoms with van der Waals surface area (Å²) in [6.07, 6.45) is -0.447. The van der Waals surface area contributed by atoms with E-state index in [2.05, 4.69) is 5.32 Å². The predicted octanol–water partition coefficient (Wildman–Crippen LogP) is 2.75. The van der Waals surface area contributed by atoms with Gasteiger partial charge in [-0.15, -0.1) is 0 Å². The second kappa shape index (κ2) is 9.79. The number of nitrogens with one attached hydrogen (secondary N) is 1. The number of fused-ring (bicyclic) bond motifs is 1. The number of anilines is 1. The number of amides is 1. The normalized spacial score (nSPS) is 14.8. The van der Waals surface area contributed by atoms with Crippen molar-refractivity contribution in [2.24, 2.45) is 0 Å². The van der Waals surface area contributed by atoms with Crippen LogP contribution in [-0.4, -0.2) is 45.0 Å². The number of carbonyl (C=O) groups excluding carboxylic acids is 1. The molecule has 0 saturated carbocycles. The Kier molecular flexibility index (Phi) is 6.64. The van der Waals surface area contributed by atoms with Crippen LogP contribution in [0.5, 0.6) is 11.5 Å². The van der Waals surface area contributed by atoms with Crippen LogP contribution in [0.3, 0.4) is 0 Å². The summed E-state index contributed by atoms with van der Waals surface area (Å²) in [5.74, 6) is 0.607. The molecule has 1 atom stereocenters. The number of carbonyl (C=O) groups is 1. The van der Waals surface area contributed by atoms with E-state index in [9.17, 15) is 23.3 Å². The van der Waals surface area contributed by atoms with Crippen LogP contribution in [0.1, 0.15) is 0 Å². The van der Waals surface area contributed by atoms with Gasteiger partial charge in [0.25, 0.3) is 15.7 Å². The molecule has 1 N–H and O–H groups in total. The standard InChI is InChI=1S/C23H21N3O7S/c27-23(24-14-19-16-32-21-8-4-5-9-22(21)33-19)15-25(17-10-12-18(13-11-17)26(28)29)34(30,31)20-6-2-1-3-7-20/h1-13,19H,14-16H2,(H,24,27). The van der Waals surface area contributed by atoms with Crippen LogP contribution >= 0.6 is 0 Å². The summed E-state index contributed by atoms with van der Waals surface area (Å²) in [6, 6.07) is 19.8. The van der Waals surface area contributed by atoms with Crippen LogP contribution < -0.4 is 19.1 Å². The lowest BCUT2D eigenvalue weighted by molar-refractivity contribution is -0.384.